The van der Waals surface area contributed by atoms with E-state index in [0.717, 1.165) is 18.7 Å². The highest BCUT2D eigenvalue weighted by Crippen LogP contribution is 2.36. The van der Waals surface area contributed by atoms with E-state index in [4.69, 9.17) is 5.73 Å². The van der Waals surface area contributed by atoms with Gasteiger partial charge in [0.25, 0.3) is 0 Å². The van der Waals surface area contributed by atoms with E-state index < -0.39 is 0 Å². The summed E-state index contributed by atoms with van der Waals surface area (Å²) in [5.74, 6) is 0.911. The van der Waals surface area contributed by atoms with E-state index in [1.165, 1.54) is 12.8 Å². The van der Waals surface area contributed by atoms with E-state index in [1.54, 1.807) is 12.4 Å². The van der Waals surface area contributed by atoms with Crippen LogP contribution >= 0.6 is 0 Å². The summed E-state index contributed by atoms with van der Waals surface area (Å²) in [6.45, 7) is 0. The third-order valence-corrected chi connectivity index (χ3v) is 2.36. The number of aromatic nitrogens is 2. The average Bonchev–Trinajstić information content (AvgIpc) is 2.84. The first-order valence-electron chi connectivity index (χ1n) is 4.33. The van der Waals surface area contributed by atoms with Gasteiger partial charge in [-0.1, -0.05) is 0 Å². The fraction of sp³-hybridized carbons (Fsp3) is 0.556. The van der Waals surface area contributed by atoms with Gasteiger partial charge in [-0.15, -0.1) is 0 Å². The quantitative estimate of drug-likeness (QED) is 0.720. The normalized spacial score (nSPS) is 19.1. The summed E-state index contributed by atoms with van der Waals surface area (Å²) in [4.78, 5) is 8.29. The second-order valence-electron chi connectivity index (χ2n) is 3.53. The van der Waals surface area contributed by atoms with Crippen LogP contribution < -0.4 is 5.73 Å². The van der Waals surface area contributed by atoms with Crippen LogP contribution in [0, 0.1) is 0 Å². The van der Waals surface area contributed by atoms with Crippen molar-refractivity contribution in [1.82, 2.24) is 9.97 Å². The van der Waals surface area contributed by atoms with Crippen molar-refractivity contribution in [2.75, 3.05) is 0 Å². The van der Waals surface area contributed by atoms with Crippen molar-refractivity contribution in [2.45, 2.75) is 31.2 Å². The molecule has 1 aromatic heterocycles. The van der Waals surface area contributed by atoms with Gasteiger partial charge < -0.3 is 5.73 Å². The third-order valence-electron chi connectivity index (χ3n) is 2.36. The molecule has 1 saturated carbocycles. The molecule has 0 saturated heterocycles. The van der Waals surface area contributed by atoms with Crippen molar-refractivity contribution < 1.29 is 0 Å². The van der Waals surface area contributed by atoms with E-state index in [-0.39, 0.29) is 5.54 Å². The van der Waals surface area contributed by atoms with Gasteiger partial charge in [0.05, 0.1) is 0 Å². The Morgan fingerprint density at radius 3 is 2.58 bits per heavy atom. The molecule has 1 fully saturated rings. The van der Waals surface area contributed by atoms with E-state index in [2.05, 4.69) is 9.97 Å². The molecule has 0 spiro atoms. The lowest BCUT2D eigenvalue weighted by atomic mass is 10.1. The van der Waals surface area contributed by atoms with Crippen molar-refractivity contribution in [2.24, 2.45) is 5.73 Å². The molecular weight excluding hydrogens is 150 g/mol. The molecule has 1 aliphatic carbocycles. The van der Waals surface area contributed by atoms with Gasteiger partial charge in [0.1, 0.15) is 5.82 Å². The molecule has 0 aliphatic heterocycles. The second kappa shape index (κ2) is 2.83. The standard InChI is InChI=1S/C9H13N3/c10-9(4-5-9)3-2-8-11-6-1-7-12-8/h1,6-7H,2-5,10H2. The lowest BCUT2D eigenvalue weighted by Crippen LogP contribution is -2.22. The first kappa shape index (κ1) is 7.68. The topological polar surface area (TPSA) is 51.8 Å². The Hall–Kier alpha value is -0.960. The highest BCUT2D eigenvalue weighted by Gasteiger charge is 2.37. The van der Waals surface area contributed by atoms with E-state index in [1.807, 2.05) is 6.07 Å². The Kier molecular flexibility index (Phi) is 1.81. The van der Waals surface area contributed by atoms with Crippen LogP contribution in [-0.4, -0.2) is 15.5 Å². The van der Waals surface area contributed by atoms with Crippen molar-refractivity contribution in [3.05, 3.63) is 24.3 Å². The maximum absolute atomic E-state index is 5.94. The predicted molar refractivity (Wildman–Crippen MR) is 46.5 cm³/mol. The zero-order valence-electron chi connectivity index (χ0n) is 7.03. The van der Waals surface area contributed by atoms with Crippen LogP contribution in [0.15, 0.2) is 18.5 Å². The highest BCUT2D eigenvalue weighted by molar-refractivity contribution is 5.01. The van der Waals surface area contributed by atoms with E-state index >= 15 is 0 Å². The van der Waals surface area contributed by atoms with Gasteiger partial charge in [-0.3, -0.25) is 0 Å². The van der Waals surface area contributed by atoms with Gasteiger partial charge in [-0.05, 0) is 25.3 Å². The minimum absolute atomic E-state index is 0.124. The molecule has 0 amide bonds. The lowest BCUT2D eigenvalue weighted by molar-refractivity contribution is 0.595. The monoisotopic (exact) mass is 163 g/mol. The van der Waals surface area contributed by atoms with Crippen molar-refractivity contribution in [1.29, 1.82) is 0 Å². The number of hydrogen-bond donors (Lipinski definition) is 1. The minimum Gasteiger partial charge on any atom is -0.325 e. The van der Waals surface area contributed by atoms with Gasteiger partial charge in [0, 0.05) is 24.4 Å². The van der Waals surface area contributed by atoms with Crippen LogP contribution in [0.2, 0.25) is 0 Å². The zero-order valence-corrected chi connectivity index (χ0v) is 7.03. The minimum atomic E-state index is 0.124. The molecule has 0 atom stereocenters. The van der Waals surface area contributed by atoms with Gasteiger partial charge in [0.2, 0.25) is 0 Å². The number of aryl methyl sites for hydroxylation is 1. The second-order valence-corrected chi connectivity index (χ2v) is 3.53. The Morgan fingerprint density at radius 2 is 2.00 bits per heavy atom. The molecule has 1 heterocycles. The van der Waals surface area contributed by atoms with Gasteiger partial charge in [-0.25, -0.2) is 9.97 Å². The summed E-state index contributed by atoms with van der Waals surface area (Å²) in [5, 5.41) is 0. The molecular formula is C9H13N3. The largest absolute Gasteiger partial charge is 0.325 e. The highest BCUT2D eigenvalue weighted by atomic mass is 14.9. The summed E-state index contributed by atoms with van der Waals surface area (Å²) in [6.07, 6.45) is 7.82. The molecule has 1 aromatic rings. The number of nitrogens with zero attached hydrogens (tertiary/aromatic N) is 2. The Morgan fingerprint density at radius 1 is 1.33 bits per heavy atom. The van der Waals surface area contributed by atoms with Gasteiger partial charge in [0.15, 0.2) is 0 Å². The first-order chi connectivity index (χ1) is 5.79. The molecule has 12 heavy (non-hydrogen) atoms. The Balaban J connectivity index is 1.88. The van der Waals surface area contributed by atoms with E-state index in [9.17, 15) is 0 Å². The lowest BCUT2D eigenvalue weighted by Gasteiger charge is -2.05. The fourth-order valence-electron chi connectivity index (χ4n) is 1.23. The average molecular weight is 163 g/mol. The number of rotatable bonds is 3. The molecule has 0 bridgehead atoms. The molecule has 0 unspecified atom stereocenters. The van der Waals surface area contributed by atoms with Crippen LogP contribution in [0.1, 0.15) is 25.1 Å². The van der Waals surface area contributed by atoms with Crippen molar-refractivity contribution >= 4 is 0 Å². The first-order valence-corrected chi connectivity index (χ1v) is 4.33. The van der Waals surface area contributed by atoms with Gasteiger partial charge >= 0.3 is 0 Å². The Labute approximate surface area is 72.0 Å². The summed E-state index contributed by atoms with van der Waals surface area (Å²) in [7, 11) is 0. The van der Waals surface area contributed by atoms with Crippen molar-refractivity contribution in [3.8, 4) is 0 Å². The summed E-state index contributed by atoms with van der Waals surface area (Å²) < 4.78 is 0. The Bertz CT molecular complexity index is 254. The summed E-state index contributed by atoms with van der Waals surface area (Å²) in [5.41, 5.74) is 6.06. The van der Waals surface area contributed by atoms with E-state index in [0.29, 0.717) is 0 Å². The maximum atomic E-state index is 5.94. The molecule has 2 N–H and O–H groups in total. The van der Waals surface area contributed by atoms with Crippen LogP contribution in [0.4, 0.5) is 0 Å². The van der Waals surface area contributed by atoms with Crippen molar-refractivity contribution in [3.63, 3.8) is 0 Å². The molecule has 3 heteroatoms. The molecule has 0 radical (unpaired) electrons. The van der Waals surface area contributed by atoms with Crippen LogP contribution in [0.5, 0.6) is 0 Å². The fourth-order valence-corrected chi connectivity index (χ4v) is 1.23. The predicted octanol–water partition coefficient (Wildman–Crippen LogP) is 0.900. The third kappa shape index (κ3) is 1.80. The summed E-state index contributed by atoms with van der Waals surface area (Å²) >= 11 is 0. The molecule has 0 aromatic carbocycles. The molecule has 3 nitrogen and oxygen atoms in total. The van der Waals surface area contributed by atoms with Gasteiger partial charge in [-0.2, -0.15) is 0 Å². The molecule has 1 aliphatic rings. The van der Waals surface area contributed by atoms with Crippen LogP contribution in [-0.2, 0) is 6.42 Å². The van der Waals surface area contributed by atoms with Crippen LogP contribution in [0.25, 0.3) is 0 Å². The summed E-state index contributed by atoms with van der Waals surface area (Å²) in [6, 6.07) is 1.83. The number of hydrogen-bond acceptors (Lipinski definition) is 3. The molecule has 2 rings (SSSR count). The maximum Gasteiger partial charge on any atom is 0.128 e. The smallest absolute Gasteiger partial charge is 0.128 e. The number of nitrogens with two attached hydrogens (primary N) is 1. The SMILES string of the molecule is NC1(CCc2ncccn2)CC1. The molecule has 64 valence electrons. The van der Waals surface area contributed by atoms with Crippen LogP contribution in [0.3, 0.4) is 0 Å². The zero-order chi connectivity index (χ0) is 8.44.